The van der Waals surface area contributed by atoms with Gasteiger partial charge < -0.3 is 36.2 Å². The summed E-state index contributed by atoms with van der Waals surface area (Å²) in [6, 6.07) is 0. The summed E-state index contributed by atoms with van der Waals surface area (Å²) in [6.45, 7) is 25.2. The summed E-state index contributed by atoms with van der Waals surface area (Å²) in [5.74, 6) is 1.53. The van der Waals surface area contributed by atoms with Gasteiger partial charge in [-0.25, -0.2) is 0 Å². The largest absolute Gasteiger partial charge is 0.319 e. The molecule has 0 spiro atoms. The van der Waals surface area contributed by atoms with Crippen molar-refractivity contribution in [3.8, 4) is 0 Å². The zero-order chi connectivity index (χ0) is 34.5. The van der Waals surface area contributed by atoms with Crippen LogP contribution in [0.2, 0.25) is 0 Å². The summed E-state index contributed by atoms with van der Waals surface area (Å²) < 4.78 is 48.9. The van der Waals surface area contributed by atoms with Crippen LogP contribution in [-0.2, 0) is 83.4 Å². The Balaban J connectivity index is 5.78. The van der Waals surface area contributed by atoms with Crippen molar-refractivity contribution >= 4 is 116 Å². The van der Waals surface area contributed by atoms with Crippen LogP contribution in [0.4, 0.5) is 0 Å². The lowest BCUT2D eigenvalue weighted by molar-refractivity contribution is 0.182. The van der Waals surface area contributed by atoms with Gasteiger partial charge in [0, 0.05) is 17.3 Å². The van der Waals surface area contributed by atoms with Crippen molar-refractivity contribution in [2.45, 2.75) is 139 Å². The van der Waals surface area contributed by atoms with E-state index >= 15 is 0 Å². The second-order valence-electron chi connectivity index (χ2n) is 11.2. The van der Waals surface area contributed by atoms with Gasteiger partial charge in [-0.15, -0.1) is 0 Å². The van der Waals surface area contributed by atoms with E-state index in [0.29, 0.717) is 17.3 Å². The smallest absolute Gasteiger partial charge is 0.248 e. The van der Waals surface area contributed by atoms with E-state index < -0.39 is 22.8 Å². The molecule has 266 valence electrons. The number of thiol groups is 1. The van der Waals surface area contributed by atoms with E-state index in [0.717, 1.165) is 0 Å². The maximum absolute atomic E-state index is 6.51. The minimum Gasteiger partial charge on any atom is -0.319 e. The molecule has 4 unspecified atom stereocenters. The van der Waals surface area contributed by atoms with Gasteiger partial charge >= 0.3 is 0 Å². The van der Waals surface area contributed by atoms with E-state index in [1.165, 1.54) is 34.1 Å². The van der Waals surface area contributed by atoms with Gasteiger partial charge in [0.2, 0.25) is 22.8 Å². The molecule has 44 heavy (non-hydrogen) atoms. The van der Waals surface area contributed by atoms with Crippen LogP contribution in [-0.4, -0.2) is 66.1 Å². The number of hydrogen-bond acceptors (Lipinski definition) is 15. The lowest BCUT2D eigenvalue weighted by atomic mass is 10.5. The second-order valence-corrected chi connectivity index (χ2v) is 35.2. The Morgan fingerprint density at radius 3 is 0.886 bits per heavy atom. The molecule has 0 aliphatic heterocycles. The predicted molar refractivity (Wildman–Crippen MR) is 216 cm³/mol. The molecule has 20 heteroatoms. The van der Waals surface area contributed by atoms with E-state index in [9.17, 15) is 0 Å². The van der Waals surface area contributed by atoms with Crippen LogP contribution >= 0.6 is 69.2 Å². The van der Waals surface area contributed by atoms with Crippen LogP contribution in [0.25, 0.3) is 0 Å². The monoisotopic (exact) mass is 850 g/mol. The highest BCUT2D eigenvalue weighted by Gasteiger charge is 2.32. The highest BCUT2D eigenvalue weighted by molar-refractivity contribution is 8.69. The third-order valence-corrected chi connectivity index (χ3v) is 23.3. The molecule has 8 nitrogen and oxygen atoms in total. The summed E-state index contributed by atoms with van der Waals surface area (Å²) in [5.41, 5.74) is -10.8. The van der Waals surface area contributed by atoms with Crippen molar-refractivity contribution in [3.05, 3.63) is 0 Å². The van der Waals surface area contributed by atoms with Crippen LogP contribution < -0.4 is 0 Å². The first-order chi connectivity index (χ1) is 19.9. The molecule has 0 amide bonds. The molecular formula is C24H54O8P4S8. The van der Waals surface area contributed by atoms with Crippen LogP contribution in [0.5, 0.6) is 0 Å². The average molecular weight is 851 g/mol. The lowest BCUT2D eigenvalue weighted by Crippen LogP contribution is -2.17. The molecule has 4 atom stereocenters. The first-order valence-electron chi connectivity index (χ1n) is 14.4. The Morgan fingerprint density at radius 2 is 0.636 bits per heavy atom. The number of rotatable bonds is 25. The van der Waals surface area contributed by atoms with Crippen LogP contribution in [0, 0.1) is 0 Å². The summed E-state index contributed by atoms with van der Waals surface area (Å²) in [7, 11) is 0. The van der Waals surface area contributed by atoms with Gasteiger partial charge in [-0.3, -0.25) is 0 Å². The van der Waals surface area contributed by atoms with Gasteiger partial charge in [0.05, 0.1) is 48.8 Å². The molecule has 0 saturated carbocycles. The van der Waals surface area contributed by atoms with Crippen LogP contribution in [0.15, 0.2) is 0 Å². The average Bonchev–Trinajstić information content (AvgIpc) is 2.77. The molecule has 0 N–H and O–H groups in total. The molecule has 0 aliphatic rings. The molecule has 0 heterocycles. The maximum Gasteiger partial charge on any atom is 0.248 e. The highest BCUT2D eigenvalue weighted by Crippen LogP contribution is 2.67. The third-order valence-electron chi connectivity index (χ3n) is 4.04. The van der Waals surface area contributed by atoms with E-state index in [-0.39, 0.29) is 48.8 Å². The van der Waals surface area contributed by atoms with E-state index in [2.05, 4.69) is 12.2 Å². The fraction of sp³-hybridized carbons (Fsp3) is 1.00. The number of hydrogen-bond donors (Lipinski definition) is 1. The summed E-state index contributed by atoms with van der Waals surface area (Å²) >= 11 is 32.1. The summed E-state index contributed by atoms with van der Waals surface area (Å²) in [5, 5.41) is 0. The van der Waals surface area contributed by atoms with Gasteiger partial charge in [0.1, 0.15) is 0 Å². The maximum atomic E-state index is 6.51. The van der Waals surface area contributed by atoms with Gasteiger partial charge in [-0.05, 0) is 137 Å². The van der Waals surface area contributed by atoms with Gasteiger partial charge in [-0.2, -0.15) is 0 Å². The predicted octanol–water partition coefficient (Wildman–Crippen LogP) is 11.4. The van der Waals surface area contributed by atoms with E-state index in [1.54, 1.807) is 0 Å². The molecule has 0 saturated heterocycles. The molecule has 0 radical (unpaired) electrons. The fourth-order valence-corrected chi connectivity index (χ4v) is 23.5. The summed E-state index contributed by atoms with van der Waals surface area (Å²) in [6.07, 6.45) is -1.20. The molecular weight excluding hydrogens is 797 g/mol. The molecule has 0 rings (SSSR count). The summed E-state index contributed by atoms with van der Waals surface area (Å²) in [4.78, 5) is 0. The molecule has 0 fully saturated rings. The van der Waals surface area contributed by atoms with Gasteiger partial charge in [0.25, 0.3) is 0 Å². The van der Waals surface area contributed by atoms with Crippen LogP contribution in [0.3, 0.4) is 0 Å². The van der Waals surface area contributed by atoms with Crippen molar-refractivity contribution in [3.63, 3.8) is 0 Å². The molecule has 0 aromatic carbocycles. The normalized spacial score (nSPS) is 18.2. The SMILES string of the molecule is CC(C)OP(=S)(S)OC(C)CSP(=S)(OC(C)CSP(=S)(OC(C)C)OC(C)C)OC(C)CSP(=S)(OC(C)C)OC(C)C. The van der Waals surface area contributed by atoms with Gasteiger partial charge in [-0.1, -0.05) is 46.4 Å². The lowest BCUT2D eigenvalue weighted by Gasteiger charge is -2.31. The van der Waals surface area contributed by atoms with Gasteiger partial charge in [0.15, 0.2) is 0 Å². The third kappa shape index (κ3) is 24.0. The molecule has 0 aromatic heterocycles. The van der Waals surface area contributed by atoms with Crippen molar-refractivity contribution in [1.29, 1.82) is 0 Å². The van der Waals surface area contributed by atoms with Crippen molar-refractivity contribution < 1.29 is 36.2 Å². The second kappa shape index (κ2) is 22.6. The zero-order valence-electron chi connectivity index (χ0n) is 28.1. The van der Waals surface area contributed by atoms with Crippen molar-refractivity contribution in [2.24, 2.45) is 0 Å². The topological polar surface area (TPSA) is 73.8 Å². The Bertz CT molecular complexity index is 939. The molecule has 0 aromatic rings. The highest BCUT2D eigenvalue weighted by atomic mass is 32.9. The van der Waals surface area contributed by atoms with Crippen molar-refractivity contribution in [2.75, 3.05) is 17.3 Å². The first kappa shape index (κ1) is 47.7. The zero-order valence-corrected chi connectivity index (χ0v) is 38.3. The van der Waals surface area contributed by atoms with Crippen LogP contribution in [0.1, 0.15) is 90.0 Å². The minimum atomic E-state index is -2.90. The van der Waals surface area contributed by atoms with Crippen molar-refractivity contribution in [1.82, 2.24) is 0 Å². The minimum absolute atomic E-state index is 0.0582. The Kier molecular flexibility index (Phi) is 24.5. The fourth-order valence-electron chi connectivity index (χ4n) is 2.93. The Hall–Kier alpha value is 3.68. The van der Waals surface area contributed by atoms with E-state index in [1.807, 2.05) is 90.0 Å². The molecule has 0 bridgehead atoms. The quantitative estimate of drug-likeness (QED) is 0.0699. The Morgan fingerprint density at radius 1 is 0.409 bits per heavy atom. The standard InChI is InChI=1S/C24H54O8P4S8/c1-17(2)25-33(37,38)30-22(11)14-44-36(41,31-23(12)15-42-34(39,26-18(3)4)27-19(5)6)32-24(13)16-43-35(40,28-20(7)8)29-21(9)10/h17-24H,14-16H2,1-13H3,(H,37,38). The molecule has 0 aliphatic carbocycles. The van der Waals surface area contributed by atoms with E-state index in [4.69, 9.17) is 83.4 Å². The Labute approximate surface area is 306 Å². The first-order valence-corrected chi connectivity index (χ1v) is 30.9.